The molecule has 5 nitrogen and oxygen atoms in total. The van der Waals surface area contributed by atoms with Crippen LogP contribution < -0.4 is 14.9 Å². The quantitative estimate of drug-likeness (QED) is 0.462. The first-order chi connectivity index (χ1) is 12.5. The van der Waals surface area contributed by atoms with Crippen LogP contribution in [-0.4, -0.2) is 25.3 Å². The molecule has 0 fully saturated rings. The van der Waals surface area contributed by atoms with Gasteiger partial charge < -0.3 is 9.47 Å². The molecule has 26 heavy (non-hydrogen) atoms. The molecule has 2 rings (SSSR count). The van der Waals surface area contributed by atoms with Gasteiger partial charge in [-0.15, -0.1) is 0 Å². The van der Waals surface area contributed by atoms with Gasteiger partial charge in [0.1, 0.15) is 0 Å². The van der Waals surface area contributed by atoms with Gasteiger partial charge in [-0.05, 0) is 65.2 Å². The number of ether oxygens (including phenoxy) is 2. The Balaban J connectivity index is 2.12. The molecule has 2 aromatic carbocycles. The Morgan fingerprint density at radius 2 is 2.08 bits per heavy atom. The Morgan fingerprint density at radius 1 is 1.27 bits per heavy atom. The molecule has 7 heteroatoms. The molecule has 0 aromatic heterocycles. The van der Waals surface area contributed by atoms with Crippen molar-refractivity contribution in [1.82, 2.24) is 5.43 Å². The van der Waals surface area contributed by atoms with Crippen LogP contribution in [0.5, 0.6) is 11.5 Å². The third-order valence-corrected chi connectivity index (χ3v) is 4.07. The normalized spacial score (nSPS) is 10.8. The van der Waals surface area contributed by atoms with E-state index in [1.54, 1.807) is 30.5 Å². The van der Waals surface area contributed by atoms with Crippen molar-refractivity contribution in [2.24, 2.45) is 5.10 Å². The van der Waals surface area contributed by atoms with Crippen molar-refractivity contribution in [2.45, 2.75) is 20.3 Å². The van der Waals surface area contributed by atoms with Crippen LogP contribution in [0.15, 0.2) is 46.0 Å². The third-order valence-electron chi connectivity index (χ3n) is 3.25. The van der Waals surface area contributed by atoms with Gasteiger partial charge in [-0.3, -0.25) is 4.79 Å². The monoisotopic (exact) mass is 438 g/mol. The molecule has 2 aromatic rings. The molecule has 0 bridgehead atoms. The standard InChI is InChI=1S/C19H20BrClN2O3/c1-3-8-26-18-16(20)9-13(10-17(18)25-4-2)12-22-23-19(24)14-6-5-7-15(21)11-14/h5-7,9-12H,3-4,8H2,1-2H3,(H,23,24)/b22-12+. The zero-order chi connectivity index (χ0) is 18.9. The van der Waals surface area contributed by atoms with E-state index in [1.807, 2.05) is 26.0 Å². The molecular formula is C19H20BrClN2O3. The molecule has 1 amide bonds. The summed E-state index contributed by atoms with van der Waals surface area (Å²) in [4.78, 5) is 12.1. The van der Waals surface area contributed by atoms with Gasteiger partial charge in [0.15, 0.2) is 11.5 Å². The molecule has 138 valence electrons. The lowest BCUT2D eigenvalue weighted by Gasteiger charge is -2.14. The van der Waals surface area contributed by atoms with Crippen molar-refractivity contribution in [3.8, 4) is 11.5 Å². The predicted octanol–water partition coefficient (Wildman–Crippen LogP) is 5.05. The average Bonchev–Trinajstić information content (AvgIpc) is 2.61. The summed E-state index contributed by atoms with van der Waals surface area (Å²) in [6.07, 6.45) is 2.44. The Labute approximate surface area is 166 Å². The number of hydrazone groups is 1. The van der Waals surface area contributed by atoms with Crippen molar-refractivity contribution >= 4 is 39.7 Å². The highest BCUT2D eigenvalue weighted by atomic mass is 79.9. The number of halogens is 2. The summed E-state index contributed by atoms with van der Waals surface area (Å²) < 4.78 is 12.1. The number of amides is 1. The third kappa shape index (κ3) is 5.75. The molecule has 0 saturated carbocycles. The van der Waals surface area contributed by atoms with E-state index in [-0.39, 0.29) is 5.91 Å². The number of hydrogen-bond donors (Lipinski definition) is 1. The molecule has 0 radical (unpaired) electrons. The first kappa shape index (κ1) is 20.3. The van der Waals surface area contributed by atoms with Crippen LogP contribution in [0.4, 0.5) is 0 Å². The van der Waals surface area contributed by atoms with Gasteiger partial charge in [-0.2, -0.15) is 5.10 Å². The van der Waals surface area contributed by atoms with Gasteiger partial charge in [-0.1, -0.05) is 24.6 Å². The summed E-state index contributed by atoms with van der Waals surface area (Å²) in [5, 5.41) is 4.49. The van der Waals surface area contributed by atoms with Gasteiger partial charge >= 0.3 is 0 Å². The molecule has 0 aliphatic heterocycles. The SMILES string of the molecule is CCCOc1c(Br)cc(/C=N/NC(=O)c2cccc(Cl)c2)cc1OCC. The van der Waals surface area contributed by atoms with E-state index < -0.39 is 0 Å². The van der Waals surface area contributed by atoms with E-state index in [2.05, 4.69) is 26.5 Å². The molecule has 0 spiro atoms. The lowest BCUT2D eigenvalue weighted by Crippen LogP contribution is -2.17. The van der Waals surface area contributed by atoms with Crippen molar-refractivity contribution in [3.05, 3.63) is 57.0 Å². The molecule has 0 unspecified atom stereocenters. The largest absolute Gasteiger partial charge is 0.490 e. The van der Waals surface area contributed by atoms with Crippen molar-refractivity contribution < 1.29 is 14.3 Å². The zero-order valence-electron chi connectivity index (χ0n) is 14.6. The average molecular weight is 440 g/mol. The minimum Gasteiger partial charge on any atom is -0.490 e. The summed E-state index contributed by atoms with van der Waals surface area (Å²) in [6.45, 7) is 5.06. The molecule has 0 aliphatic rings. The number of rotatable bonds is 8. The predicted molar refractivity (Wildman–Crippen MR) is 108 cm³/mol. The first-order valence-corrected chi connectivity index (χ1v) is 9.40. The van der Waals surface area contributed by atoms with Crippen molar-refractivity contribution in [1.29, 1.82) is 0 Å². The Morgan fingerprint density at radius 3 is 2.77 bits per heavy atom. The second-order valence-corrected chi connectivity index (χ2v) is 6.61. The summed E-state index contributed by atoms with van der Waals surface area (Å²) in [5.41, 5.74) is 3.68. The summed E-state index contributed by atoms with van der Waals surface area (Å²) in [5.74, 6) is 0.947. The maximum Gasteiger partial charge on any atom is 0.271 e. The fourth-order valence-corrected chi connectivity index (χ4v) is 2.89. The van der Waals surface area contributed by atoms with Crippen LogP contribution in [0.2, 0.25) is 5.02 Å². The lowest BCUT2D eigenvalue weighted by molar-refractivity contribution is 0.0955. The lowest BCUT2D eigenvalue weighted by atomic mass is 10.2. The fourth-order valence-electron chi connectivity index (χ4n) is 2.13. The molecule has 0 saturated heterocycles. The van der Waals surface area contributed by atoms with Crippen molar-refractivity contribution in [3.63, 3.8) is 0 Å². The molecule has 0 atom stereocenters. The van der Waals surface area contributed by atoms with E-state index in [4.69, 9.17) is 21.1 Å². The van der Waals surface area contributed by atoms with Gasteiger partial charge in [0, 0.05) is 10.6 Å². The van der Waals surface area contributed by atoms with Crippen molar-refractivity contribution in [2.75, 3.05) is 13.2 Å². The van der Waals surface area contributed by atoms with Crippen LogP contribution in [0.1, 0.15) is 36.2 Å². The molecule has 0 aliphatic carbocycles. The van der Waals surface area contributed by atoms with E-state index in [9.17, 15) is 4.79 Å². The summed E-state index contributed by atoms with van der Waals surface area (Å²) in [6, 6.07) is 10.3. The highest BCUT2D eigenvalue weighted by molar-refractivity contribution is 9.10. The van der Waals surface area contributed by atoms with E-state index in [1.165, 1.54) is 0 Å². The minimum atomic E-state index is -0.337. The Bertz CT molecular complexity index is 796. The molecular weight excluding hydrogens is 420 g/mol. The maximum absolute atomic E-state index is 12.1. The topological polar surface area (TPSA) is 59.9 Å². The Kier molecular flexibility index (Phi) is 7.94. The number of hydrogen-bond acceptors (Lipinski definition) is 4. The smallest absolute Gasteiger partial charge is 0.271 e. The molecule has 0 heterocycles. The van der Waals surface area contributed by atoms with Gasteiger partial charge in [0.25, 0.3) is 5.91 Å². The van der Waals surface area contributed by atoms with E-state index in [0.717, 1.165) is 16.5 Å². The number of nitrogens with zero attached hydrogens (tertiary/aromatic N) is 1. The van der Waals surface area contributed by atoms with Crippen LogP contribution in [0.25, 0.3) is 0 Å². The number of carbonyl (C=O) groups is 1. The molecule has 1 N–H and O–H groups in total. The number of benzene rings is 2. The highest BCUT2D eigenvalue weighted by Crippen LogP contribution is 2.36. The van der Waals surface area contributed by atoms with Crippen LogP contribution in [0.3, 0.4) is 0 Å². The summed E-state index contributed by atoms with van der Waals surface area (Å²) >= 11 is 9.38. The Hall–Kier alpha value is -2.05. The highest BCUT2D eigenvalue weighted by Gasteiger charge is 2.11. The number of nitrogens with one attached hydrogen (secondary N) is 1. The van der Waals surface area contributed by atoms with E-state index >= 15 is 0 Å². The maximum atomic E-state index is 12.1. The van der Waals surface area contributed by atoms with Crippen LogP contribution in [0, 0.1) is 0 Å². The number of carbonyl (C=O) groups excluding carboxylic acids is 1. The summed E-state index contributed by atoms with van der Waals surface area (Å²) in [7, 11) is 0. The zero-order valence-corrected chi connectivity index (χ0v) is 16.9. The fraction of sp³-hybridized carbons (Fsp3) is 0.263. The van der Waals surface area contributed by atoms with Gasteiger partial charge in [0.05, 0.1) is 23.9 Å². The first-order valence-electron chi connectivity index (χ1n) is 8.23. The van der Waals surface area contributed by atoms with Gasteiger partial charge in [-0.25, -0.2) is 5.43 Å². The van der Waals surface area contributed by atoms with E-state index in [0.29, 0.717) is 35.3 Å². The second-order valence-electron chi connectivity index (χ2n) is 5.32. The van der Waals surface area contributed by atoms with Crippen LogP contribution >= 0.6 is 27.5 Å². The second kappa shape index (κ2) is 10.2. The minimum absolute atomic E-state index is 0.337. The van der Waals surface area contributed by atoms with Crippen LogP contribution in [-0.2, 0) is 0 Å². The van der Waals surface area contributed by atoms with Gasteiger partial charge in [0.2, 0.25) is 0 Å².